The Balaban J connectivity index is 1.41. The van der Waals surface area contributed by atoms with Crippen molar-refractivity contribution in [1.82, 2.24) is 0 Å². The van der Waals surface area contributed by atoms with E-state index < -0.39 is 0 Å². The summed E-state index contributed by atoms with van der Waals surface area (Å²) in [5.74, 6) is 0. The van der Waals surface area contributed by atoms with Crippen molar-refractivity contribution in [2.45, 2.75) is 12.8 Å². The summed E-state index contributed by atoms with van der Waals surface area (Å²) in [6.45, 7) is 0. The van der Waals surface area contributed by atoms with Crippen LogP contribution in [-0.2, 0) is 0 Å². The Bertz CT molecular complexity index is 1780. The van der Waals surface area contributed by atoms with E-state index in [-0.39, 0.29) is 0 Å². The number of nitrogens with zero attached hydrogens (tertiary/aromatic N) is 1. The minimum Gasteiger partial charge on any atom is -0.456 e. The van der Waals surface area contributed by atoms with E-state index in [4.69, 9.17) is 4.42 Å². The quantitative estimate of drug-likeness (QED) is 0.259. The molecule has 0 unspecified atom stereocenters. The Labute approximate surface area is 210 Å². The fourth-order valence-electron chi connectivity index (χ4n) is 5.34. The molecule has 0 aliphatic heterocycles. The molecule has 0 saturated carbocycles. The number of allylic oxidation sites excluding steroid dienone is 3. The molecule has 7 rings (SSSR count). The highest BCUT2D eigenvalue weighted by atomic mass is 16.3. The Morgan fingerprint density at radius 3 is 2.22 bits per heavy atom. The van der Waals surface area contributed by atoms with E-state index in [1.807, 2.05) is 0 Å². The molecule has 6 aromatic rings. The molecule has 0 saturated heterocycles. The molecule has 2 heteroatoms. The lowest BCUT2D eigenvalue weighted by atomic mass is 9.97. The van der Waals surface area contributed by atoms with Crippen molar-refractivity contribution < 1.29 is 4.42 Å². The van der Waals surface area contributed by atoms with Crippen LogP contribution in [0.5, 0.6) is 0 Å². The van der Waals surface area contributed by atoms with Crippen LogP contribution in [0.3, 0.4) is 0 Å². The van der Waals surface area contributed by atoms with Crippen LogP contribution in [0, 0.1) is 0 Å². The molecule has 0 spiro atoms. The molecule has 1 aliphatic carbocycles. The number of rotatable bonds is 4. The van der Waals surface area contributed by atoms with Gasteiger partial charge in [-0.3, -0.25) is 0 Å². The van der Waals surface area contributed by atoms with Gasteiger partial charge in [-0.2, -0.15) is 0 Å². The third-order valence-electron chi connectivity index (χ3n) is 7.06. The zero-order valence-electron chi connectivity index (χ0n) is 19.9. The van der Waals surface area contributed by atoms with Gasteiger partial charge in [-0.25, -0.2) is 0 Å². The summed E-state index contributed by atoms with van der Waals surface area (Å²) in [6.07, 6.45) is 8.96. The summed E-state index contributed by atoms with van der Waals surface area (Å²) in [6, 6.07) is 38.7. The van der Waals surface area contributed by atoms with E-state index in [1.165, 1.54) is 27.6 Å². The number of anilines is 2. The molecular formula is C34H25NO. The highest BCUT2D eigenvalue weighted by molar-refractivity contribution is 6.09. The second-order valence-corrected chi connectivity index (χ2v) is 9.30. The van der Waals surface area contributed by atoms with Crippen molar-refractivity contribution in [1.29, 1.82) is 0 Å². The van der Waals surface area contributed by atoms with Crippen LogP contribution in [-0.4, -0.2) is 0 Å². The average molecular weight is 464 g/mol. The molecule has 0 amide bonds. The zero-order valence-corrected chi connectivity index (χ0v) is 19.9. The second-order valence-electron chi connectivity index (χ2n) is 9.30. The summed E-state index contributed by atoms with van der Waals surface area (Å²) in [5, 5.41) is 4.78. The summed E-state index contributed by atoms with van der Waals surface area (Å²) < 4.78 is 6.27. The molecule has 36 heavy (non-hydrogen) atoms. The molecule has 172 valence electrons. The van der Waals surface area contributed by atoms with E-state index >= 15 is 0 Å². The predicted octanol–water partition coefficient (Wildman–Crippen LogP) is 9.78. The summed E-state index contributed by atoms with van der Waals surface area (Å²) >= 11 is 0. The first kappa shape index (κ1) is 20.8. The molecular weight excluding hydrogens is 438 g/mol. The van der Waals surface area contributed by atoms with Crippen LogP contribution >= 0.6 is 0 Å². The summed E-state index contributed by atoms with van der Waals surface area (Å²) in [4.78, 5) is 2.34. The van der Waals surface area contributed by atoms with Gasteiger partial charge in [-0.1, -0.05) is 78.9 Å². The SMILES string of the molecule is C1=CC(N(c2ccccc2)c2ccc3oc4ccc(-c5cccc6ccccc56)cc4c3c2)=CCC1. The van der Waals surface area contributed by atoms with Crippen molar-refractivity contribution >= 4 is 44.1 Å². The fraction of sp³-hybridized carbons (Fsp3) is 0.0588. The number of para-hydroxylation sites is 1. The lowest BCUT2D eigenvalue weighted by molar-refractivity contribution is 0.669. The largest absolute Gasteiger partial charge is 0.456 e. The summed E-state index contributed by atoms with van der Waals surface area (Å²) in [7, 11) is 0. The fourth-order valence-corrected chi connectivity index (χ4v) is 5.34. The van der Waals surface area contributed by atoms with Crippen LogP contribution in [0.4, 0.5) is 11.4 Å². The van der Waals surface area contributed by atoms with Gasteiger partial charge in [0.1, 0.15) is 11.2 Å². The van der Waals surface area contributed by atoms with Gasteiger partial charge in [0.05, 0.1) is 0 Å². The molecule has 0 N–H and O–H groups in total. The Morgan fingerprint density at radius 2 is 1.36 bits per heavy atom. The molecule has 0 fully saturated rings. The van der Waals surface area contributed by atoms with Gasteiger partial charge >= 0.3 is 0 Å². The van der Waals surface area contributed by atoms with Gasteiger partial charge in [0.2, 0.25) is 0 Å². The highest BCUT2D eigenvalue weighted by Crippen LogP contribution is 2.39. The normalized spacial score (nSPS) is 13.4. The average Bonchev–Trinajstić information content (AvgIpc) is 3.31. The van der Waals surface area contributed by atoms with Crippen molar-refractivity contribution in [3.63, 3.8) is 0 Å². The van der Waals surface area contributed by atoms with Gasteiger partial charge in [-0.05, 0) is 83.3 Å². The molecule has 1 heterocycles. The standard InChI is InChI=1S/C34H25NO/c1-3-12-26(13-4-1)35(27-14-5-2-6-15-27)28-19-21-34-32(23-28)31-22-25(18-20-33(31)36-34)30-17-9-11-24-10-7-8-16-29(24)30/h1,3-5,7-23H,2,6H2. The van der Waals surface area contributed by atoms with Gasteiger partial charge in [0.15, 0.2) is 0 Å². The van der Waals surface area contributed by atoms with E-state index in [1.54, 1.807) is 0 Å². The lowest BCUT2D eigenvalue weighted by Crippen LogP contribution is -2.16. The molecule has 0 atom stereocenters. The van der Waals surface area contributed by atoms with Gasteiger partial charge in [-0.15, -0.1) is 0 Å². The van der Waals surface area contributed by atoms with Crippen LogP contribution < -0.4 is 4.90 Å². The maximum Gasteiger partial charge on any atom is 0.135 e. The summed E-state index contributed by atoms with van der Waals surface area (Å²) in [5.41, 5.74) is 7.74. The van der Waals surface area contributed by atoms with Crippen molar-refractivity contribution in [3.05, 3.63) is 133 Å². The molecule has 1 aliphatic rings. The topological polar surface area (TPSA) is 16.4 Å². The molecule has 0 radical (unpaired) electrons. The zero-order chi connectivity index (χ0) is 23.9. The van der Waals surface area contributed by atoms with Crippen molar-refractivity contribution in [2.75, 3.05) is 4.90 Å². The lowest BCUT2D eigenvalue weighted by Gasteiger charge is -2.27. The van der Waals surface area contributed by atoms with Crippen LogP contribution in [0.2, 0.25) is 0 Å². The van der Waals surface area contributed by atoms with Gasteiger partial charge in [0.25, 0.3) is 0 Å². The Hall–Kier alpha value is -4.56. The van der Waals surface area contributed by atoms with Crippen LogP contribution in [0.25, 0.3) is 43.8 Å². The first-order chi connectivity index (χ1) is 17.8. The van der Waals surface area contributed by atoms with Crippen molar-refractivity contribution in [2.24, 2.45) is 0 Å². The van der Waals surface area contributed by atoms with Crippen LogP contribution in [0.1, 0.15) is 12.8 Å². The minimum absolute atomic E-state index is 0.907. The smallest absolute Gasteiger partial charge is 0.135 e. The van der Waals surface area contributed by atoms with Gasteiger partial charge in [0, 0.05) is 27.8 Å². The maximum atomic E-state index is 6.27. The monoisotopic (exact) mass is 463 g/mol. The number of furan rings is 1. The van der Waals surface area contributed by atoms with E-state index in [0.29, 0.717) is 0 Å². The number of hydrogen-bond acceptors (Lipinski definition) is 2. The molecule has 1 aromatic heterocycles. The second kappa shape index (κ2) is 8.58. The molecule has 0 bridgehead atoms. The van der Waals surface area contributed by atoms with Crippen LogP contribution in [0.15, 0.2) is 138 Å². The Kier molecular flexibility index (Phi) is 4.96. The molecule has 5 aromatic carbocycles. The maximum absolute atomic E-state index is 6.27. The van der Waals surface area contributed by atoms with E-state index in [9.17, 15) is 0 Å². The van der Waals surface area contributed by atoms with E-state index in [0.717, 1.165) is 46.2 Å². The predicted molar refractivity (Wildman–Crippen MR) is 152 cm³/mol. The minimum atomic E-state index is 0.907. The number of benzene rings is 5. The first-order valence-corrected chi connectivity index (χ1v) is 12.5. The third-order valence-corrected chi connectivity index (χ3v) is 7.06. The Morgan fingerprint density at radius 1 is 0.583 bits per heavy atom. The third kappa shape index (κ3) is 3.50. The number of hydrogen-bond donors (Lipinski definition) is 0. The number of fused-ring (bicyclic) bond motifs is 4. The first-order valence-electron chi connectivity index (χ1n) is 12.5. The van der Waals surface area contributed by atoms with E-state index in [2.05, 4.69) is 132 Å². The highest BCUT2D eigenvalue weighted by Gasteiger charge is 2.17. The molecule has 2 nitrogen and oxygen atoms in total. The van der Waals surface area contributed by atoms with Crippen molar-refractivity contribution in [3.8, 4) is 11.1 Å². The van der Waals surface area contributed by atoms with Gasteiger partial charge < -0.3 is 9.32 Å².